The van der Waals surface area contributed by atoms with Crippen molar-refractivity contribution in [2.45, 2.75) is 26.3 Å². The van der Waals surface area contributed by atoms with Crippen molar-refractivity contribution in [2.24, 2.45) is 0 Å². The van der Waals surface area contributed by atoms with Crippen LogP contribution in [0.15, 0.2) is 28.8 Å². The number of rotatable bonds is 5. The summed E-state index contributed by atoms with van der Waals surface area (Å²) in [5, 5.41) is 6.06. The number of sulfonamides is 1. The van der Waals surface area contributed by atoms with Crippen molar-refractivity contribution in [3.63, 3.8) is 0 Å². The molecule has 3 rings (SSSR count). The van der Waals surface area contributed by atoms with Crippen molar-refractivity contribution in [1.29, 1.82) is 0 Å². The first-order valence-corrected chi connectivity index (χ1v) is 10.0. The number of nitrogens with zero attached hydrogens (tertiary/aromatic N) is 2. The molecule has 0 saturated heterocycles. The molecule has 0 saturated carbocycles. The second-order valence-electron chi connectivity index (χ2n) is 6.40. The maximum absolute atomic E-state index is 12.2. The lowest BCUT2D eigenvalue weighted by molar-refractivity contribution is -0.119. The number of carbonyl (C=O) groups is 2. The smallest absolute Gasteiger partial charge is 0.338 e. The Hall–Kier alpha value is -2.88. The lowest BCUT2D eigenvalue weighted by Crippen LogP contribution is -2.34. The molecule has 0 fully saturated rings. The molecule has 2 heterocycles. The first kappa shape index (κ1) is 18.9. The van der Waals surface area contributed by atoms with Crippen LogP contribution in [0.4, 0.5) is 11.5 Å². The molecule has 1 N–H and O–H groups in total. The second-order valence-corrected chi connectivity index (χ2v) is 8.26. The highest BCUT2D eigenvalue weighted by Gasteiger charge is 2.32. The summed E-state index contributed by atoms with van der Waals surface area (Å²) in [6.07, 6.45) is 1.64. The van der Waals surface area contributed by atoms with Gasteiger partial charge in [0.05, 0.1) is 17.5 Å². The number of amides is 1. The summed E-state index contributed by atoms with van der Waals surface area (Å²) < 4.78 is 35.0. The summed E-state index contributed by atoms with van der Waals surface area (Å²) in [6, 6.07) is 5.97. The topological polar surface area (TPSA) is 119 Å². The fraction of sp³-hybridized carbons (Fsp3) is 0.353. The van der Waals surface area contributed by atoms with E-state index in [9.17, 15) is 18.0 Å². The summed E-state index contributed by atoms with van der Waals surface area (Å²) in [4.78, 5) is 24.0. The number of hydrogen-bond donors (Lipinski definition) is 1. The minimum atomic E-state index is -3.40. The first-order valence-electron chi connectivity index (χ1n) is 8.18. The molecule has 27 heavy (non-hydrogen) atoms. The minimum Gasteiger partial charge on any atom is -0.452 e. The number of anilines is 2. The van der Waals surface area contributed by atoms with E-state index >= 15 is 0 Å². The maximum Gasteiger partial charge on any atom is 0.338 e. The lowest BCUT2D eigenvalue weighted by atomic mass is 10.1. The third-order valence-electron chi connectivity index (χ3n) is 4.06. The SMILES string of the molecule is Cc1cc(NC(=O)COC(=O)c2ccc3c(c2)C[C@@H](C)N3S(C)(=O)=O)no1. The summed E-state index contributed by atoms with van der Waals surface area (Å²) in [7, 11) is -3.40. The Kier molecular flexibility index (Phi) is 4.92. The van der Waals surface area contributed by atoms with Gasteiger partial charge in [0.25, 0.3) is 5.91 Å². The van der Waals surface area contributed by atoms with E-state index in [1.807, 2.05) is 0 Å². The molecular formula is C17H19N3O6S. The minimum absolute atomic E-state index is 0.224. The standard InChI is InChI=1S/C17H19N3O6S/c1-10-6-13-8-12(4-5-14(13)20(10)27(3,23)24)17(22)25-9-16(21)18-15-7-11(2)26-19-15/h4-5,7-8,10H,6,9H2,1-3H3,(H,18,19,21)/t10-/m1/s1. The van der Waals surface area contributed by atoms with Gasteiger partial charge in [-0.1, -0.05) is 5.16 Å². The van der Waals surface area contributed by atoms with Crippen molar-refractivity contribution in [3.8, 4) is 0 Å². The molecule has 0 aliphatic carbocycles. The summed E-state index contributed by atoms with van der Waals surface area (Å²) >= 11 is 0. The number of aryl methyl sites for hydroxylation is 1. The van der Waals surface area contributed by atoms with Crippen molar-refractivity contribution >= 4 is 33.4 Å². The molecular weight excluding hydrogens is 374 g/mol. The summed E-state index contributed by atoms with van der Waals surface area (Å²) in [5.74, 6) is -0.442. The largest absolute Gasteiger partial charge is 0.452 e. The number of benzene rings is 1. The Morgan fingerprint density at radius 1 is 1.37 bits per heavy atom. The molecule has 1 aliphatic rings. The van der Waals surface area contributed by atoms with E-state index in [0.717, 1.165) is 11.8 Å². The van der Waals surface area contributed by atoms with E-state index in [1.165, 1.54) is 16.4 Å². The highest BCUT2D eigenvalue weighted by atomic mass is 32.2. The van der Waals surface area contributed by atoms with E-state index in [0.29, 0.717) is 17.9 Å². The van der Waals surface area contributed by atoms with Crippen LogP contribution in [-0.4, -0.2) is 44.4 Å². The van der Waals surface area contributed by atoms with Gasteiger partial charge in [0, 0.05) is 12.1 Å². The third kappa shape index (κ3) is 4.11. The van der Waals surface area contributed by atoms with Crippen molar-refractivity contribution in [3.05, 3.63) is 41.2 Å². The third-order valence-corrected chi connectivity index (χ3v) is 5.33. The Morgan fingerprint density at radius 2 is 2.11 bits per heavy atom. The van der Waals surface area contributed by atoms with Crippen LogP contribution in [0.1, 0.15) is 28.6 Å². The number of carbonyl (C=O) groups excluding carboxylic acids is 2. The molecule has 0 unspecified atom stereocenters. The number of nitrogens with one attached hydrogen (secondary N) is 1. The molecule has 144 valence electrons. The van der Waals surface area contributed by atoms with Crippen LogP contribution >= 0.6 is 0 Å². The van der Waals surface area contributed by atoms with Crippen LogP contribution in [0.3, 0.4) is 0 Å². The molecule has 0 radical (unpaired) electrons. The van der Waals surface area contributed by atoms with E-state index in [-0.39, 0.29) is 17.4 Å². The van der Waals surface area contributed by atoms with Crippen molar-refractivity contribution < 1.29 is 27.3 Å². The van der Waals surface area contributed by atoms with Gasteiger partial charge in [-0.15, -0.1) is 0 Å². The Balaban J connectivity index is 1.65. The molecule has 1 aliphatic heterocycles. The number of esters is 1. The zero-order valence-corrected chi connectivity index (χ0v) is 15.9. The van der Waals surface area contributed by atoms with Crippen LogP contribution in [-0.2, 0) is 26.0 Å². The molecule has 1 aromatic carbocycles. The number of ether oxygens (including phenoxy) is 1. The first-order chi connectivity index (χ1) is 12.6. The fourth-order valence-electron chi connectivity index (χ4n) is 3.05. The molecule has 1 amide bonds. The lowest BCUT2D eigenvalue weighted by Gasteiger charge is -2.21. The van der Waals surface area contributed by atoms with Crippen LogP contribution in [0.25, 0.3) is 0 Å². The summed E-state index contributed by atoms with van der Waals surface area (Å²) in [6.45, 7) is 3.00. The zero-order valence-electron chi connectivity index (χ0n) is 15.1. The Bertz CT molecular complexity index is 998. The number of fused-ring (bicyclic) bond motifs is 1. The van der Waals surface area contributed by atoms with Gasteiger partial charge in [-0.05, 0) is 44.0 Å². The quantitative estimate of drug-likeness (QED) is 0.764. The van der Waals surface area contributed by atoms with Gasteiger partial charge >= 0.3 is 5.97 Å². The van der Waals surface area contributed by atoms with Crippen LogP contribution < -0.4 is 9.62 Å². The Morgan fingerprint density at radius 3 is 2.74 bits per heavy atom. The predicted octanol–water partition coefficient (Wildman–Crippen LogP) is 1.49. The van der Waals surface area contributed by atoms with Crippen molar-refractivity contribution in [2.75, 3.05) is 22.5 Å². The highest BCUT2D eigenvalue weighted by Crippen LogP contribution is 2.34. The zero-order chi connectivity index (χ0) is 19.8. The van der Waals surface area contributed by atoms with Gasteiger partial charge < -0.3 is 14.6 Å². The molecule has 9 nitrogen and oxygen atoms in total. The normalized spacial score (nSPS) is 16.1. The van der Waals surface area contributed by atoms with Gasteiger partial charge in [0.1, 0.15) is 5.76 Å². The van der Waals surface area contributed by atoms with E-state index in [4.69, 9.17) is 9.26 Å². The van der Waals surface area contributed by atoms with Gasteiger partial charge in [0.2, 0.25) is 10.0 Å². The van der Waals surface area contributed by atoms with Gasteiger partial charge in [0.15, 0.2) is 12.4 Å². The maximum atomic E-state index is 12.2. The number of hydrogen-bond acceptors (Lipinski definition) is 7. The summed E-state index contributed by atoms with van der Waals surface area (Å²) in [5.41, 5.74) is 1.55. The van der Waals surface area contributed by atoms with E-state index < -0.39 is 28.5 Å². The highest BCUT2D eigenvalue weighted by molar-refractivity contribution is 7.92. The molecule has 1 atom stereocenters. The Labute approximate surface area is 156 Å². The van der Waals surface area contributed by atoms with Gasteiger partial charge in [-0.25, -0.2) is 13.2 Å². The molecule has 10 heteroatoms. The van der Waals surface area contributed by atoms with Gasteiger partial charge in [-0.2, -0.15) is 0 Å². The molecule has 1 aromatic heterocycles. The fourth-order valence-corrected chi connectivity index (χ4v) is 4.32. The molecule has 0 spiro atoms. The van der Waals surface area contributed by atoms with E-state index in [1.54, 1.807) is 26.0 Å². The molecule has 2 aromatic rings. The number of aromatic nitrogens is 1. The molecule has 0 bridgehead atoms. The van der Waals surface area contributed by atoms with Crippen LogP contribution in [0, 0.1) is 6.92 Å². The predicted molar refractivity (Wildman–Crippen MR) is 97.1 cm³/mol. The van der Waals surface area contributed by atoms with Crippen LogP contribution in [0.5, 0.6) is 0 Å². The van der Waals surface area contributed by atoms with Gasteiger partial charge in [-0.3, -0.25) is 9.10 Å². The monoisotopic (exact) mass is 393 g/mol. The average Bonchev–Trinajstić information content (AvgIpc) is 3.13. The van der Waals surface area contributed by atoms with E-state index in [2.05, 4.69) is 10.5 Å². The second kappa shape index (κ2) is 7.03. The van der Waals surface area contributed by atoms with Crippen molar-refractivity contribution in [1.82, 2.24) is 5.16 Å². The average molecular weight is 393 g/mol. The van der Waals surface area contributed by atoms with Crippen LogP contribution in [0.2, 0.25) is 0 Å².